The predicted molar refractivity (Wildman–Crippen MR) is 127 cm³/mol. The molecule has 0 unspecified atom stereocenters. The van der Waals surface area contributed by atoms with E-state index < -0.39 is 6.04 Å². The monoisotopic (exact) mass is 462 g/mol. The second-order valence-corrected chi connectivity index (χ2v) is 8.03. The third kappa shape index (κ3) is 5.02. The molecule has 2 amide bonds. The van der Waals surface area contributed by atoms with Crippen LogP contribution in [0.1, 0.15) is 34.5 Å². The Morgan fingerprint density at radius 3 is 2.42 bits per heavy atom. The number of methoxy groups -OCH3 is 1. The maximum Gasteiger partial charge on any atom is 0.319 e. The first-order chi connectivity index (χ1) is 16.0. The smallest absolute Gasteiger partial charge is 0.319 e. The van der Waals surface area contributed by atoms with Gasteiger partial charge in [-0.3, -0.25) is 4.79 Å². The first-order valence-electron chi connectivity index (χ1n) is 10.4. The lowest BCUT2D eigenvalue weighted by molar-refractivity contribution is 0.102. The Balaban J connectivity index is 1.69. The highest BCUT2D eigenvalue weighted by Crippen LogP contribution is 2.35. The maximum atomic E-state index is 13.4. The molecule has 3 aromatic carbocycles. The minimum absolute atomic E-state index is 0.204. The Morgan fingerprint density at radius 1 is 1.00 bits per heavy atom. The van der Waals surface area contributed by atoms with Gasteiger partial charge in [0.15, 0.2) is 17.3 Å². The van der Waals surface area contributed by atoms with Crippen LogP contribution in [0, 0.1) is 0 Å². The van der Waals surface area contributed by atoms with Crippen molar-refractivity contribution in [2.24, 2.45) is 0 Å². The van der Waals surface area contributed by atoms with Crippen molar-refractivity contribution in [3.8, 4) is 11.5 Å². The van der Waals surface area contributed by atoms with Crippen molar-refractivity contribution in [2.75, 3.05) is 7.11 Å². The molecule has 4 rings (SSSR count). The SMILES string of the molecule is COc1ccc([C@@H]2NC(=O)NC(C)=C2C(=O)c2ccc(Cl)cc2)cc1OCc1ccccc1. The topological polar surface area (TPSA) is 76.7 Å². The predicted octanol–water partition coefficient (Wildman–Crippen LogP) is 5.44. The van der Waals surface area contributed by atoms with Crippen molar-refractivity contribution >= 4 is 23.4 Å². The number of benzene rings is 3. The van der Waals surface area contributed by atoms with E-state index in [1.165, 1.54) is 0 Å². The van der Waals surface area contributed by atoms with E-state index in [0.29, 0.717) is 45.5 Å². The number of ketones is 1. The summed E-state index contributed by atoms with van der Waals surface area (Å²) >= 11 is 5.98. The van der Waals surface area contributed by atoms with E-state index in [0.717, 1.165) is 5.56 Å². The lowest BCUT2D eigenvalue weighted by Gasteiger charge is -2.29. The largest absolute Gasteiger partial charge is 0.493 e. The molecule has 1 aliphatic heterocycles. The van der Waals surface area contributed by atoms with E-state index in [2.05, 4.69) is 10.6 Å². The number of nitrogens with one attached hydrogen (secondary N) is 2. The van der Waals surface area contributed by atoms with Crippen molar-refractivity contribution in [3.05, 3.63) is 106 Å². The molecule has 168 valence electrons. The number of hydrogen-bond donors (Lipinski definition) is 2. The highest BCUT2D eigenvalue weighted by atomic mass is 35.5. The molecule has 6 nitrogen and oxygen atoms in total. The first kappa shape index (κ1) is 22.4. The second kappa shape index (κ2) is 9.79. The summed E-state index contributed by atoms with van der Waals surface area (Å²) < 4.78 is 11.5. The number of ether oxygens (including phenoxy) is 2. The summed E-state index contributed by atoms with van der Waals surface area (Å²) in [7, 11) is 1.57. The van der Waals surface area contributed by atoms with Gasteiger partial charge in [0.25, 0.3) is 0 Å². The number of halogens is 1. The molecule has 3 aromatic rings. The summed E-state index contributed by atoms with van der Waals surface area (Å²) in [6, 6.07) is 20.8. The summed E-state index contributed by atoms with van der Waals surface area (Å²) in [6.45, 7) is 2.07. The Labute approximate surface area is 197 Å². The lowest BCUT2D eigenvalue weighted by atomic mass is 9.89. The quantitative estimate of drug-likeness (QED) is 0.458. The molecule has 1 aliphatic rings. The highest BCUT2D eigenvalue weighted by molar-refractivity contribution is 6.30. The van der Waals surface area contributed by atoms with Crippen LogP contribution >= 0.6 is 11.6 Å². The fourth-order valence-corrected chi connectivity index (χ4v) is 3.85. The third-order valence-electron chi connectivity index (χ3n) is 5.38. The normalized spacial score (nSPS) is 15.5. The van der Waals surface area contributed by atoms with E-state index in [4.69, 9.17) is 21.1 Å². The van der Waals surface area contributed by atoms with Gasteiger partial charge in [0, 0.05) is 21.9 Å². The van der Waals surface area contributed by atoms with Crippen molar-refractivity contribution in [1.29, 1.82) is 0 Å². The minimum atomic E-state index is -0.660. The van der Waals surface area contributed by atoms with Gasteiger partial charge in [-0.15, -0.1) is 0 Å². The van der Waals surface area contributed by atoms with Gasteiger partial charge in [0.05, 0.1) is 13.2 Å². The molecule has 1 heterocycles. The molecular weight excluding hydrogens is 440 g/mol. The minimum Gasteiger partial charge on any atom is -0.493 e. The Hall–Kier alpha value is -3.77. The number of amides is 2. The maximum absolute atomic E-state index is 13.4. The van der Waals surface area contributed by atoms with Crippen LogP contribution in [-0.4, -0.2) is 18.9 Å². The van der Waals surface area contributed by atoms with E-state index >= 15 is 0 Å². The van der Waals surface area contributed by atoms with Gasteiger partial charge in [0.2, 0.25) is 0 Å². The molecule has 0 aliphatic carbocycles. The molecule has 0 fully saturated rings. The van der Waals surface area contributed by atoms with Gasteiger partial charge in [-0.05, 0) is 54.4 Å². The summed E-state index contributed by atoms with van der Waals surface area (Å²) in [5.41, 5.74) is 3.12. The zero-order chi connectivity index (χ0) is 23.4. The molecule has 2 N–H and O–H groups in total. The zero-order valence-electron chi connectivity index (χ0n) is 18.2. The molecule has 0 aromatic heterocycles. The van der Waals surface area contributed by atoms with E-state index in [1.807, 2.05) is 36.4 Å². The number of carbonyl (C=O) groups is 2. The number of hydrogen-bond acceptors (Lipinski definition) is 4. The number of carbonyl (C=O) groups excluding carboxylic acids is 2. The van der Waals surface area contributed by atoms with Crippen LogP contribution < -0.4 is 20.1 Å². The van der Waals surface area contributed by atoms with Gasteiger partial charge in [-0.25, -0.2) is 4.79 Å². The average Bonchev–Trinajstić information content (AvgIpc) is 2.83. The first-order valence-corrected chi connectivity index (χ1v) is 10.8. The molecule has 0 saturated carbocycles. The van der Waals surface area contributed by atoms with Gasteiger partial charge >= 0.3 is 6.03 Å². The van der Waals surface area contributed by atoms with Crippen LogP contribution in [-0.2, 0) is 6.61 Å². The van der Waals surface area contributed by atoms with Crippen LogP contribution in [0.2, 0.25) is 5.02 Å². The number of Topliss-reactive ketones (excluding diaryl/α,β-unsaturated/α-hetero) is 1. The molecule has 33 heavy (non-hydrogen) atoms. The van der Waals surface area contributed by atoms with E-state index in [-0.39, 0.29) is 11.8 Å². The van der Waals surface area contributed by atoms with Crippen LogP contribution in [0.15, 0.2) is 84.1 Å². The number of urea groups is 1. The summed E-state index contributed by atoms with van der Waals surface area (Å²) in [5.74, 6) is 0.869. The molecule has 1 atom stereocenters. The van der Waals surface area contributed by atoms with Crippen molar-refractivity contribution in [2.45, 2.75) is 19.6 Å². The molecular formula is C26H23ClN2O4. The van der Waals surface area contributed by atoms with Gasteiger partial charge in [-0.1, -0.05) is 48.0 Å². The summed E-state index contributed by atoms with van der Waals surface area (Å²) in [6.07, 6.45) is 0. The van der Waals surface area contributed by atoms with Crippen molar-refractivity contribution in [1.82, 2.24) is 10.6 Å². The van der Waals surface area contributed by atoms with Crippen LogP contribution in [0.4, 0.5) is 4.79 Å². The van der Waals surface area contributed by atoms with Crippen molar-refractivity contribution < 1.29 is 19.1 Å². The van der Waals surface area contributed by atoms with Gasteiger partial charge in [-0.2, -0.15) is 0 Å². The van der Waals surface area contributed by atoms with E-state index in [9.17, 15) is 9.59 Å². The van der Waals surface area contributed by atoms with Crippen LogP contribution in [0.3, 0.4) is 0 Å². The number of rotatable bonds is 7. The standard InChI is InChI=1S/C26H23ClN2O4/c1-16-23(25(30)18-8-11-20(27)12-9-18)24(29-26(31)28-16)19-10-13-21(32-2)22(14-19)33-15-17-6-4-3-5-7-17/h3-14,24H,15H2,1-2H3,(H2,28,29,31)/t24-/m0/s1. The number of allylic oxidation sites excluding steroid dienone is 1. The van der Waals surface area contributed by atoms with Gasteiger partial charge < -0.3 is 20.1 Å². The average molecular weight is 463 g/mol. The van der Waals surface area contributed by atoms with Crippen LogP contribution in [0.25, 0.3) is 0 Å². The highest BCUT2D eigenvalue weighted by Gasteiger charge is 2.32. The van der Waals surface area contributed by atoms with E-state index in [1.54, 1.807) is 50.4 Å². The summed E-state index contributed by atoms with van der Waals surface area (Å²) in [4.78, 5) is 25.7. The molecule has 0 radical (unpaired) electrons. The molecule has 7 heteroatoms. The molecule has 0 saturated heterocycles. The van der Waals surface area contributed by atoms with Gasteiger partial charge in [0.1, 0.15) is 6.61 Å². The van der Waals surface area contributed by atoms with Crippen LogP contribution in [0.5, 0.6) is 11.5 Å². The molecule has 0 bridgehead atoms. The fourth-order valence-electron chi connectivity index (χ4n) is 3.72. The Morgan fingerprint density at radius 2 is 1.73 bits per heavy atom. The third-order valence-corrected chi connectivity index (χ3v) is 5.63. The Bertz CT molecular complexity index is 1210. The Kier molecular flexibility index (Phi) is 6.66. The fraction of sp³-hybridized carbons (Fsp3) is 0.154. The second-order valence-electron chi connectivity index (χ2n) is 7.59. The summed E-state index contributed by atoms with van der Waals surface area (Å²) in [5, 5.41) is 6.11. The van der Waals surface area contributed by atoms with Crippen molar-refractivity contribution in [3.63, 3.8) is 0 Å². The molecule has 0 spiro atoms. The zero-order valence-corrected chi connectivity index (χ0v) is 19.0. The lowest BCUT2D eigenvalue weighted by Crippen LogP contribution is -2.45.